The molecule has 2 aromatic heterocycles. The van der Waals surface area contributed by atoms with E-state index in [4.69, 9.17) is 11.6 Å². The molecule has 0 aliphatic rings. The van der Waals surface area contributed by atoms with E-state index in [1.165, 1.54) is 6.33 Å². The molecule has 2 aromatic rings. The number of halogens is 1. The molecule has 2 heterocycles. The molecule has 1 atom stereocenters. The molecule has 0 bridgehead atoms. The Morgan fingerprint density at radius 2 is 2.00 bits per heavy atom. The van der Waals surface area contributed by atoms with Crippen LogP contribution in [0.5, 0.6) is 0 Å². The SMILES string of the molecule is CC(Cl)c1cnnn1-c1cncnc1. The first kappa shape index (κ1) is 9.08. The van der Waals surface area contributed by atoms with E-state index in [0.29, 0.717) is 0 Å². The van der Waals surface area contributed by atoms with Gasteiger partial charge in [0.2, 0.25) is 0 Å². The smallest absolute Gasteiger partial charge is 0.115 e. The third-order valence-corrected chi connectivity index (χ3v) is 2.00. The molecule has 0 radical (unpaired) electrons. The molecule has 2 rings (SSSR count). The fourth-order valence-corrected chi connectivity index (χ4v) is 1.26. The second-order valence-corrected chi connectivity index (χ2v) is 3.44. The van der Waals surface area contributed by atoms with Crippen LogP contribution in [0.15, 0.2) is 24.9 Å². The Bertz CT molecular complexity index is 411. The summed E-state index contributed by atoms with van der Waals surface area (Å²) in [6, 6.07) is 0. The van der Waals surface area contributed by atoms with Gasteiger partial charge in [-0.05, 0) is 6.92 Å². The molecule has 0 saturated heterocycles. The van der Waals surface area contributed by atoms with Crippen molar-refractivity contribution < 1.29 is 0 Å². The number of alkyl halides is 1. The summed E-state index contributed by atoms with van der Waals surface area (Å²) in [6.45, 7) is 1.86. The zero-order valence-electron chi connectivity index (χ0n) is 7.50. The van der Waals surface area contributed by atoms with Crippen LogP contribution in [-0.4, -0.2) is 25.0 Å². The Balaban J connectivity index is 2.47. The number of hydrogen-bond acceptors (Lipinski definition) is 4. The highest BCUT2D eigenvalue weighted by atomic mass is 35.5. The fraction of sp³-hybridized carbons (Fsp3) is 0.250. The standard InChI is InChI=1S/C8H8ClN5/c1-6(9)8-4-12-13-14(8)7-2-10-5-11-3-7/h2-6H,1H3. The van der Waals surface area contributed by atoms with Crippen molar-refractivity contribution >= 4 is 11.6 Å². The number of aromatic nitrogens is 5. The average Bonchev–Trinajstić information content (AvgIpc) is 2.67. The van der Waals surface area contributed by atoms with E-state index >= 15 is 0 Å². The summed E-state index contributed by atoms with van der Waals surface area (Å²) in [6.07, 6.45) is 6.41. The van der Waals surface area contributed by atoms with Crippen LogP contribution < -0.4 is 0 Å². The summed E-state index contributed by atoms with van der Waals surface area (Å²) in [4.78, 5) is 7.80. The van der Waals surface area contributed by atoms with E-state index in [1.54, 1.807) is 23.3 Å². The summed E-state index contributed by atoms with van der Waals surface area (Å²) in [5, 5.41) is 7.55. The van der Waals surface area contributed by atoms with Crippen molar-refractivity contribution in [3.8, 4) is 5.69 Å². The minimum absolute atomic E-state index is 0.148. The molecule has 14 heavy (non-hydrogen) atoms. The molecule has 0 N–H and O–H groups in total. The molecular weight excluding hydrogens is 202 g/mol. The molecule has 0 fully saturated rings. The Morgan fingerprint density at radius 3 is 2.64 bits per heavy atom. The van der Waals surface area contributed by atoms with Crippen molar-refractivity contribution in [2.45, 2.75) is 12.3 Å². The largest absolute Gasteiger partial charge is 0.243 e. The monoisotopic (exact) mass is 209 g/mol. The maximum absolute atomic E-state index is 5.96. The molecule has 0 spiro atoms. The van der Waals surface area contributed by atoms with Crippen molar-refractivity contribution in [1.29, 1.82) is 0 Å². The van der Waals surface area contributed by atoms with Crippen molar-refractivity contribution in [3.05, 3.63) is 30.6 Å². The lowest BCUT2D eigenvalue weighted by Crippen LogP contribution is -2.03. The topological polar surface area (TPSA) is 56.5 Å². The molecule has 0 aliphatic carbocycles. The maximum Gasteiger partial charge on any atom is 0.115 e. The second kappa shape index (κ2) is 3.71. The summed E-state index contributed by atoms with van der Waals surface area (Å²) < 4.78 is 1.62. The van der Waals surface area contributed by atoms with Gasteiger partial charge in [-0.15, -0.1) is 16.7 Å². The summed E-state index contributed by atoms with van der Waals surface area (Å²) in [5.74, 6) is 0. The van der Waals surface area contributed by atoms with Gasteiger partial charge in [0.15, 0.2) is 0 Å². The van der Waals surface area contributed by atoms with Crippen LogP contribution in [0.3, 0.4) is 0 Å². The van der Waals surface area contributed by atoms with E-state index < -0.39 is 0 Å². The number of hydrogen-bond donors (Lipinski definition) is 0. The quantitative estimate of drug-likeness (QED) is 0.701. The van der Waals surface area contributed by atoms with Crippen molar-refractivity contribution in [2.75, 3.05) is 0 Å². The van der Waals surface area contributed by atoms with Gasteiger partial charge in [0.25, 0.3) is 0 Å². The lowest BCUT2D eigenvalue weighted by molar-refractivity contribution is 0.753. The molecular formula is C8H8ClN5. The highest BCUT2D eigenvalue weighted by Crippen LogP contribution is 2.19. The molecule has 0 amide bonds. The van der Waals surface area contributed by atoms with Crippen LogP contribution >= 0.6 is 11.6 Å². The lowest BCUT2D eigenvalue weighted by Gasteiger charge is -2.05. The van der Waals surface area contributed by atoms with Gasteiger partial charge in [0.1, 0.15) is 12.0 Å². The molecule has 5 nitrogen and oxygen atoms in total. The molecule has 0 aromatic carbocycles. The van der Waals surface area contributed by atoms with Crippen LogP contribution in [0.2, 0.25) is 0 Å². The Hall–Kier alpha value is -1.49. The van der Waals surface area contributed by atoms with Crippen molar-refractivity contribution in [2.24, 2.45) is 0 Å². The molecule has 0 saturated carbocycles. The third kappa shape index (κ3) is 1.58. The Morgan fingerprint density at radius 1 is 1.29 bits per heavy atom. The molecule has 6 heteroatoms. The highest BCUT2D eigenvalue weighted by Gasteiger charge is 2.10. The molecule has 72 valence electrons. The second-order valence-electron chi connectivity index (χ2n) is 2.78. The Labute approximate surface area is 85.8 Å². The van der Waals surface area contributed by atoms with Crippen LogP contribution in [0.25, 0.3) is 5.69 Å². The average molecular weight is 210 g/mol. The summed E-state index contributed by atoms with van der Waals surface area (Å²) in [5.41, 5.74) is 1.58. The van der Waals surface area contributed by atoms with Gasteiger partial charge in [-0.2, -0.15) is 0 Å². The summed E-state index contributed by atoms with van der Waals surface area (Å²) in [7, 11) is 0. The number of rotatable bonds is 2. The van der Waals surface area contributed by atoms with Gasteiger partial charge in [-0.1, -0.05) is 5.21 Å². The van der Waals surface area contributed by atoms with E-state index in [0.717, 1.165) is 11.4 Å². The summed E-state index contributed by atoms with van der Waals surface area (Å²) >= 11 is 5.96. The first-order valence-corrected chi connectivity index (χ1v) is 4.52. The predicted molar refractivity (Wildman–Crippen MR) is 51.2 cm³/mol. The van der Waals surface area contributed by atoms with Crippen molar-refractivity contribution in [1.82, 2.24) is 25.0 Å². The predicted octanol–water partition coefficient (Wildman–Crippen LogP) is 1.36. The molecule has 0 aliphatic heterocycles. The van der Waals surface area contributed by atoms with Gasteiger partial charge in [-0.25, -0.2) is 14.6 Å². The molecule has 1 unspecified atom stereocenters. The fourth-order valence-electron chi connectivity index (χ4n) is 1.12. The zero-order chi connectivity index (χ0) is 9.97. The van der Waals surface area contributed by atoms with Crippen LogP contribution in [0.4, 0.5) is 0 Å². The van der Waals surface area contributed by atoms with Crippen LogP contribution in [0, 0.1) is 0 Å². The van der Waals surface area contributed by atoms with Crippen LogP contribution in [-0.2, 0) is 0 Å². The third-order valence-electron chi connectivity index (χ3n) is 1.77. The van der Waals surface area contributed by atoms with E-state index in [-0.39, 0.29) is 5.38 Å². The lowest BCUT2D eigenvalue weighted by atomic mass is 10.3. The van der Waals surface area contributed by atoms with Gasteiger partial charge in [0.05, 0.1) is 29.7 Å². The zero-order valence-corrected chi connectivity index (χ0v) is 8.26. The van der Waals surface area contributed by atoms with Crippen molar-refractivity contribution in [3.63, 3.8) is 0 Å². The first-order chi connectivity index (χ1) is 6.79. The van der Waals surface area contributed by atoms with Gasteiger partial charge >= 0.3 is 0 Å². The van der Waals surface area contributed by atoms with Gasteiger partial charge in [0, 0.05) is 0 Å². The normalized spacial score (nSPS) is 12.7. The van der Waals surface area contributed by atoms with E-state index in [1.807, 2.05) is 6.92 Å². The first-order valence-electron chi connectivity index (χ1n) is 4.09. The minimum Gasteiger partial charge on any atom is -0.243 e. The Kier molecular flexibility index (Phi) is 2.41. The van der Waals surface area contributed by atoms with E-state index in [9.17, 15) is 0 Å². The maximum atomic E-state index is 5.96. The number of nitrogens with zero attached hydrogens (tertiary/aromatic N) is 5. The highest BCUT2D eigenvalue weighted by molar-refractivity contribution is 6.20. The van der Waals surface area contributed by atoms with E-state index in [2.05, 4.69) is 20.3 Å². The van der Waals surface area contributed by atoms with Gasteiger partial charge < -0.3 is 0 Å². The van der Waals surface area contributed by atoms with Crippen LogP contribution in [0.1, 0.15) is 18.0 Å². The minimum atomic E-state index is -0.148. The van der Waals surface area contributed by atoms with Gasteiger partial charge in [-0.3, -0.25) is 0 Å².